The van der Waals surface area contributed by atoms with Gasteiger partial charge in [0.15, 0.2) is 0 Å². The first-order valence-electron chi connectivity index (χ1n) is 11.4. The number of rotatable bonds is 6. The molecule has 3 saturated carbocycles. The predicted molar refractivity (Wildman–Crippen MR) is 116 cm³/mol. The smallest absolute Gasteiger partial charge is 0.320 e. The Bertz CT molecular complexity index is 760. The van der Waals surface area contributed by atoms with E-state index in [0.717, 1.165) is 64.1 Å². The van der Waals surface area contributed by atoms with Gasteiger partial charge in [0.05, 0.1) is 5.54 Å². The Kier molecular flexibility index (Phi) is 4.48. The van der Waals surface area contributed by atoms with Crippen molar-refractivity contribution in [1.29, 1.82) is 0 Å². The number of nitrogens with two attached hydrogens (primary N) is 1. The Morgan fingerprint density at radius 3 is 2.24 bits per heavy atom. The molecule has 3 aliphatic carbocycles. The molecule has 0 aromatic heterocycles. The third kappa shape index (κ3) is 3.36. The van der Waals surface area contributed by atoms with Crippen molar-refractivity contribution in [2.24, 2.45) is 11.7 Å². The summed E-state index contributed by atoms with van der Waals surface area (Å²) < 4.78 is 0. The monoisotopic (exact) mass is 396 g/mol. The lowest BCUT2D eigenvalue weighted by Gasteiger charge is -2.51. The van der Waals surface area contributed by atoms with Crippen LogP contribution < -0.4 is 5.73 Å². The minimum absolute atomic E-state index is 0.000780. The maximum Gasteiger partial charge on any atom is 0.320 e. The topological polar surface area (TPSA) is 52.8 Å². The molecule has 1 saturated heterocycles. The molecule has 4 fully saturated rings. The van der Waals surface area contributed by atoms with E-state index in [1.54, 1.807) is 0 Å². The quantitative estimate of drug-likeness (QED) is 0.802. The lowest BCUT2D eigenvalue weighted by atomic mass is 9.68. The number of benzene rings is 1. The SMILES string of the molecule is CN(C)C1(c2ccccc2)CCC2(CC1)CN(CC1(N)CC1)C(=O)N2CC1CC1. The Labute approximate surface area is 175 Å². The molecule has 1 spiro atoms. The van der Waals surface area contributed by atoms with Crippen LogP contribution in [-0.2, 0) is 5.54 Å². The highest BCUT2D eigenvalue weighted by Gasteiger charge is 2.56. The molecular weight excluding hydrogens is 360 g/mol. The van der Waals surface area contributed by atoms with Crippen LogP contribution in [0.15, 0.2) is 30.3 Å². The maximum absolute atomic E-state index is 13.4. The summed E-state index contributed by atoms with van der Waals surface area (Å²) in [6.07, 6.45) is 9.03. The van der Waals surface area contributed by atoms with Crippen LogP contribution in [0.3, 0.4) is 0 Å². The second-order valence-corrected chi connectivity index (χ2v) is 10.6. The van der Waals surface area contributed by atoms with Gasteiger partial charge in [-0.15, -0.1) is 0 Å². The van der Waals surface area contributed by atoms with Crippen LogP contribution in [0.4, 0.5) is 4.79 Å². The van der Waals surface area contributed by atoms with Gasteiger partial charge in [0.2, 0.25) is 0 Å². The minimum Gasteiger partial charge on any atom is -0.324 e. The van der Waals surface area contributed by atoms with Crippen molar-refractivity contribution in [3.05, 3.63) is 35.9 Å². The summed E-state index contributed by atoms with van der Waals surface area (Å²) in [6, 6.07) is 11.2. The first kappa shape index (κ1) is 19.4. The second kappa shape index (κ2) is 6.71. The number of carbonyl (C=O) groups is 1. The van der Waals surface area contributed by atoms with E-state index >= 15 is 0 Å². The van der Waals surface area contributed by atoms with Crippen molar-refractivity contribution in [3.8, 4) is 0 Å². The average molecular weight is 397 g/mol. The molecule has 5 rings (SSSR count). The van der Waals surface area contributed by atoms with Crippen molar-refractivity contribution < 1.29 is 4.79 Å². The molecule has 1 aromatic rings. The molecule has 5 nitrogen and oxygen atoms in total. The first-order valence-corrected chi connectivity index (χ1v) is 11.4. The van der Waals surface area contributed by atoms with Crippen molar-refractivity contribution >= 4 is 6.03 Å². The predicted octanol–water partition coefficient (Wildman–Crippen LogP) is 3.40. The van der Waals surface area contributed by atoms with Gasteiger partial charge in [0.25, 0.3) is 0 Å². The summed E-state index contributed by atoms with van der Waals surface area (Å²) >= 11 is 0. The molecule has 0 atom stereocenters. The van der Waals surface area contributed by atoms with Crippen LogP contribution in [0.25, 0.3) is 0 Å². The third-order valence-corrected chi connectivity index (χ3v) is 8.27. The molecule has 1 heterocycles. The van der Waals surface area contributed by atoms with Crippen LogP contribution in [0.1, 0.15) is 56.9 Å². The lowest BCUT2D eigenvalue weighted by Crippen LogP contribution is -2.55. The number of nitrogens with zero attached hydrogens (tertiary/aromatic N) is 3. The summed E-state index contributed by atoms with van der Waals surface area (Å²) in [4.78, 5) is 20.2. The zero-order valence-corrected chi connectivity index (χ0v) is 18.1. The molecule has 5 heteroatoms. The largest absolute Gasteiger partial charge is 0.324 e. The minimum atomic E-state index is -0.113. The van der Waals surface area contributed by atoms with E-state index in [2.05, 4.69) is 59.1 Å². The highest BCUT2D eigenvalue weighted by atomic mass is 16.2. The number of carbonyl (C=O) groups excluding carboxylic acids is 1. The van der Waals surface area contributed by atoms with Crippen LogP contribution in [0.5, 0.6) is 0 Å². The highest BCUT2D eigenvalue weighted by Crippen LogP contribution is 2.50. The molecule has 1 aliphatic heterocycles. The van der Waals surface area contributed by atoms with E-state index in [9.17, 15) is 4.79 Å². The number of hydrogen-bond acceptors (Lipinski definition) is 3. The molecule has 29 heavy (non-hydrogen) atoms. The molecule has 4 aliphatic rings. The van der Waals surface area contributed by atoms with Crippen LogP contribution in [0.2, 0.25) is 0 Å². The van der Waals surface area contributed by atoms with Crippen molar-refractivity contribution in [3.63, 3.8) is 0 Å². The fourth-order valence-corrected chi connectivity index (χ4v) is 5.83. The molecule has 0 unspecified atom stereocenters. The lowest BCUT2D eigenvalue weighted by molar-refractivity contribution is 0.0232. The van der Waals surface area contributed by atoms with Crippen LogP contribution >= 0.6 is 0 Å². The molecule has 1 aromatic carbocycles. The fourth-order valence-electron chi connectivity index (χ4n) is 5.83. The van der Waals surface area contributed by atoms with Gasteiger partial charge in [0, 0.05) is 30.7 Å². The summed E-state index contributed by atoms with van der Waals surface area (Å²) in [7, 11) is 4.43. The zero-order valence-electron chi connectivity index (χ0n) is 18.1. The standard InChI is InChI=1S/C24H36N4O/c1-26(2)24(20-6-4-3-5-7-20)14-12-23(13-15-24)18-27(17-22(25)10-11-22)21(29)28(23)16-19-8-9-19/h3-7,19H,8-18,25H2,1-2H3. The molecule has 158 valence electrons. The second-order valence-electron chi connectivity index (χ2n) is 10.6. The van der Waals surface area contributed by atoms with E-state index in [0.29, 0.717) is 0 Å². The summed E-state index contributed by atoms with van der Waals surface area (Å²) in [5, 5.41) is 0. The van der Waals surface area contributed by atoms with Crippen LogP contribution in [-0.4, -0.2) is 65.5 Å². The Balaban J connectivity index is 1.39. The van der Waals surface area contributed by atoms with Gasteiger partial charge < -0.3 is 15.5 Å². The molecule has 2 N–H and O–H groups in total. The molecule has 0 bridgehead atoms. The number of amides is 2. The third-order valence-electron chi connectivity index (χ3n) is 8.27. The zero-order chi connectivity index (χ0) is 20.3. The van der Waals surface area contributed by atoms with Crippen molar-refractivity contribution in [1.82, 2.24) is 14.7 Å². The summed E-state index contributed by atoms with van der Waals surface area (Å²) in [6.45, 7) is 2.56. The van der Waals surface area contributed by atoms with E-state index in [-0.39, 0.29) is 22.6 Å². The van der Waals surface area contributed by atoms with E-state index < -0.39 is 0 Å². The number of hydrogen-bond donors (Lipinski definition) is 1. The van der Waals surface area contributed by atoms with Crippen LogP contribution in [0, 0.1) is 5.92 Å². The van der Waals surface area contributed by atoms with E-state index in [1.807, 2.05) is 0 Å². The fraction of sp³-hybridized carbons (Fsp3) is 0.708. The van der Waals surface area contributed by atoms with Gasteiger partial charge in [-0.25, -0.2) is 4.79 Å². The van der Waals surface area contributed by atoms with Gasteiger partial charge in [-0.1, -0.05) is 30.3 Å². The van der Waals surface area contributed by atoms with Gasteiger partial charge in [-0.2, -0.15) is 0 Å². The van der Waals surface area contributed by atoms with Gasteiger partial charge >= 0.3 is 6.03 Å². The first-order chi connectivity index (χ1) is 13.9. The van der Waals surface area contributed by atoms with E-state index in [1.165, 1.54) is 18.4 Å². The molecule has 0 radical (unpaired) electrons. The molecule has 2 amide bonds. The average Bonchev–Trinajstić information content (AvgIpc) is 3.64. The Hall–Kier alpha value is -1.59. The van der Waals surface area contributed by atoms with E-state index in [4.69, 9.17) is 5.73 Å². The van der Waals surface area contributed by atoms with Gasteiger partial charge in [-0.3, -0.25) is 4.90 Å². The van der Waals surface area contributed by atoms with Crippen molar-refractivity contribution in [2.75, 3.05) is 33.7 Å². The van der Waals surface area contributed by atoms with Crippen molar-refractivity contribution in [2.45, 2.75) is 68.0 Å². The Morgan fingerprint density at radius 1 is 1.03 bits per heavy atom. The maximum atomic E-state index is 13.4. The highest BCUT2D eigenvalue weighted by molar-refractivity contribution is 5.78. The van der Waals surface area contributed by atoms with Gasteiger partial charge in [0.1, 0.15) is 0 Å². The normalized spacial score (nSPS) is 33.7. The number of urea groups is 1. The summed E-state index contributed by atoms with van der Waals surface area (Å²) in [5.74, 6) is 0.721. The molecular formula is C24H36N4O. The summed E-state index contributed by atoms with van der Waals surface area (Å²) in [5.41, 5.74) is 7.77. The Morgan fingerprint density at radius 2 is 1.69 bits per heavy atom. The van der Waals surface area contributed by atoms with Gasteiger partial charge in [-0.05, 0) is 76.9 Å².